The monoisotopic (exact) mass is 370 g/mol. The van der Waals surface area contributed by atoms with Crippen molar-refractivity contribution in [3.05, 3.63) is 41.3 Å². The van der Waals surface area contributed by atoms with Crippen LogP contribution in [-0.4, -0.2) is 29.3 Å². The summed E-state index contributed by atoms with van der Waals surface area (Å²) >= 11 is 0. The zero-order valence-corrected chi connectivity index (χ0v) is 16.2. The number of aromatic nitrogens is 1. The molecule has 1 fully saturated rings. The van der Waals surface area contributed by atoms with E-state index in [0.717, 1.165) is 35.8 Å². The molecule has 1 amide bonds. The van der Waals surface area contributed by atoms with Crippen molar-refractivity contribution in [2.24, 2.45) is 5.41 Å². The lowest BCUT2D eigenvalue weighted by Crippen LogP contribution is -2.45. The second-order valence-corrected chi connectivity index (χ2v) is 8.30. The first kappa shape index (κ1) is 17.9. The second-order valence-electron chi connectivity index (χ2n) is 8.30. The van der Waals surface area contributed by atoms with Crippen molar-refractivity contribution < 1.29 is 18.8 Å². The van der Waals surface area contributed by atoms with Crippen LogP contribution in [0.2, 0.25) is 0 Å². The van der Waals surface area contributed by atoms with Gasteiger partial charge in [-0.25, -0.2) is 0 Å². The standard InChI is InChI=1S/C21H26N2O4/c1-14(2)18-9-16(22-27-18)11-23-12-21(3,7-6-20(23)24)10-15-4-5-17-19(8-15)26-13-25-17/h4-5,8-9,14H,6-7,10-13H2,1-3H3/t21-/m1/s1. The van der Waals surface area contributed by atoms with Gasteiger partial charge < -0.3 is 18.9 Å². The lowest BCUT2D eigenvalue weighted by Gasteiger charge is -2.40. The summed E-state index contributed by atoms with van der Waals surface area (Å²) in [7, 11) is 0. The van der Waals surface area contributed by atoms with Crippen molar-refractivity contribution in [2.75, 3.05) is 13.3 Å². The Bertz CT molecular complexity index is 844. The van der Waals surface area contributed by atoms with Gasteiger partial charge in [0.1, 0.15) is 11.5 Å². The number of piperidine rings is 1. The molecule has 1 saturated heterocycles. The van der Waals surface area contributed by atoms with Crippen molar-refractivity contribution in [1.82, 2.24) is 10.1 Å². The quantitative estimate of drug-likeness (QED) is 0.799. The van der Waals surface area contributed by atoms with Crippen LogP contribution in [0.25, 0.3) is 0 Å². The van der Waals surface area contributed by atoms with E-state index in [1.165, 1.54) is 5.56 Å². The molecule has 0 saturated carbocycles. The molecular formula is C21H26N2O4. The molecule has 2 aliphatic rings. The third kappa shape index (κ3) is 3.80. The number of amides is 1. The molecule has 0 radical (unpaired) electrons. The fraction of sp³-hybridized carbons (Fsp3) is 0.524. The first-order valence-electron chi connectivity index (χ1n) is 9.54. The summed E-state index contributed by atoms with van der Waals surface area (Å²) in [6.07, 6.45) is 2.34. The fourth-order valence-corrected chi connectivity index (χ4v) is 3.90. The largest absolute Gasteiger partial charge is 0.454 e. The summed E-state index contributed by atoms with van der Waals surface area (Å²) in [5.41, 5.74) is 2.05. The molecule has 2 aromatic rings. The number of carbonyl (C=O) groups is 1. The molecule has 3 heterocycles. The van der Waals surface area contributed by atoms with Crippen LogP contribution in [0.4, 0.5) is 0 Å². The summed E-state index contributed by atoms with van der Waals surface area (Å²) < 4.78 is 16.3. The highest BCUT2D eigenvalue weighted by Crippen LogP contribution is 2.38. The highest BCUT2D eigenvalue weighted by atomic mass is 16.7. The average Bonchev–Trinajstić information content (AvgIpc) is 3.27. The van der Waals surface area contributed by atoms with Crippen molar-refractivity contribution in [1.29, 1.82) is 0 Å². The molecule has 2 aliphatic heterocycles. The zero-order valence-electron chi connectivity index (χ0n) is 16.2. The molecule has 0 unspecified atom stereocenters. The molecule has 1 aromatic carbocycles. The van der Waals surface area contributed by atoms with Crippen LogP contribution in [0.5, 0.6) is 11.5 Å². The Morgan fingerprint density at radius 1 is 1.22 bits per heavy atom. The minimum Gasteiger partial charge on any atom is -0.454 e. The molecule has 6 nitrogen and oxygen atoms in total. The van der Waals surface area contributed by atoms with Crippen LogP contribution < -0.4 is 9.47 Å². The molecule has 4 rings (SSSR count). The first-order chi connectivity index (χ1) is 12.9. The van der Waals surface area contributed by atoms with E-state index in [1.807, 2.05) is 17.0 Å². The number of hydrogen-bond donors (Lipinski definition) is 0. The first-order valence-corrected chi connectivity index (χ1v) is 9.54. The molecule has 0 N–H and O–H groups in total. The van der Waals surface area contributed by atoms with Crippen LogP contribution in [0.15, 0.2) is 28.8 Å². The van der Waals surface area contributed by atoms with Gasteiger partial charge >= 0.3 is 0 Å². The maximum Gasteiger partial charge on any atom is 0.231 e. The van der Waals surface area contributed by atoms with Crippen molar-refractivity contribution in [3.8, 4) is 11.5 Å². The number of likely N-dealkylation sites (tertiary alicyclic amines) is 1. The summed E-state index contributed by atoms with van der Waals surface area (Å²) in [4.78, 5) is 14.4. The molecule has 6 heteroatoms. The summed E-state index contributed by atoms with van der Waals surface area (Å²) in [6, 6.07) is 8.07. The topological polar surface area (TPSA) is 64.8 Å². The van der Waals surface area contributed by atoms with Gasteiger partial charge in [0.15, 0.2) is 11.5 Å². The SMILES string of the molecule is CC(C)c1cc(CN2C[C@@](C)(Cc3ccc4c(c3)OCO4)CCC2=O)no1. The number of fused-ring (bicyclic) bond motifs is 1. The normalized spacial score (nSPS) is 21.9. The van der Waals surface area contributed by atoms with E-state index in [2.05, 4.69) is 38.1 Å². The number of nitrogens with zero attached hydrogens (tertiary/aromatic N) is 2. The molecule has 0 bridgehead atoms. The zero-order chi connectivity index (χ0) is 19.0. The van der Waals surface area contributed by atoms with Gasteiger partial charge in [-0.1, -0.05) is 32.0 Å². The van der Waals surface area contributed by atoms with Gasteiger partial charge in [-0.2, -0.15) is 0 Å². The summed E-state index contributed by atoms with van der Waals surface area (Å²) in [5, 5.41) is 4.14. The Labute approximate surface area is 159 Å². The van der Waals surface area contributed by atoms with E-state index < -0.39 is 0 Å². The summed E-state index contributed by atoms with van der Waals surface area (Å²) in [6.45, 7) is 7.89. The number of ether oxygens (including phenoxy) is 2. The van der Waals surface area contributed by atoms with Crippen LogP contribution in [0.3, 0.4) is 0 Å². The molecular weight excluding hydrogens is 344 g/mol. The van der Waals surface area contributed by atoms with E-state index in [1.54, 1.807) is 0 Å². The number of benzene rings is 1. The molecule has 27 heavy (non-hydrogen) atoms. The molecule has 1 aromatic heterocycles. The summed E-state index contributed by atoms with van der Waals surface area (Å²) in [5.74, 6) is 2.95. The number of rotatable bonds is 5. The predicted molar refractivity (Wildman–Crippen MR) is 99.6 cm³/mol. The van der Waals surface area contributed by atoms with E-state index in [9.17, 15) is 4.79 Å². The Balaban J connectivity index is 1.46. The molecule has 0 spiro atoms. The maximum atomic E-state index is 12.5. The molecule has 1 atom stereocenters. The molecule has 144 valence electrons. The predicted octanol–water partition coefficient (Wildman–Crippen LogP) is 3.90. The van der Waals surface area contributed by atoms with Gasteiger partial charge in [0.05, 0.1) is 6.54 Å². The van der Waals surface area contributed by atoms with Crippen LogP contribution in [0.1, 0.15) is 56.5 Å². The van der Waals surface area contributed by atoms with Gasteiger partial charge in [-0.15, -0.1) is 0 Å². The third-order valence-electron chi connectivity index (χ3n) is 5.43. The lowest BCUT2D eigenvalue weighted by atomic mass is 9.76. The Kier molecular flexibility index (Phi) is 4.58. The van der Waals surface area contributed by atoms with Crippen LogP contribution in [0, 0.1) is 5.41 Å². The van der Waals surface area contributed by atoms with Gasteiger partial charge in [0.2, 0.25) is 12.7 Å². The second kappa shape index (κ2) is 6.91. The van der Waals surface area contributed by atoms with Crippen molar-refractivity contribution in [2.45, 2.75) is 52.5 Å². The Morgan fingerprint density at radius 2 is 2.04 bits per heavy atom. The van der Waals surface area contributed by atoms with Crippen LogP contribution in [-0.2, 0) is 17.8 Å². The van der Waals surface area contributed by atoms with E-state index in [-0.39, 0.29) is 18.1 Å². The fourth-order valence-electron chi connectivity index (χ4n) is 3.90. The Morgan fingerprint density at radius 3 is 2.81 bits per heavy atom. The highest BCUT2D eigenvalue weighted by molar-refractivity contribution is 5.77. The third-order valence-corrected chi connectivity index (χ3v) is 5.43. The minimum atomic E-state index is 0.0201. The highest BCUT2D eigenvalue weighted by Gasteiger charge is 2.35. The number of carbonyl (C=O) groups excluding carboxylic acids is 1. The van der Waals surface area contributed by atoms with Crippen LogP contribution >= 0.6 is 0 Å². The van der Waals surface area contributed by atoms with Gasteiger partial charge in [0, 0.05) is 24.9 Å². The average molecular weight is 370 g/mol. The smallest absolute Gasteiger partial charge is 0.231 e. The maximum absolute atomic E-state index is 12.5. The Hall–Kier alpha value is -2.50. The van der Waals surface area contributed by atoms with Crippen molar-refractivity contribution in [3.63, 3.8) is 0 Å². The van der Waals surface area contributed by atoms with Crippen molar-refractivity contribution >= 4 is 5.91 Å². The van der Waals surface area contributed by atoms with E-state index >= 15 is 0 Å². The molecule has 0 aliphatic carbocycles. The minimum absolute atomic E-state index is 0.0201. The van der Waals surface area contributed by atoms with E-state index in [0.29, 0.717) is 25.4 Å². The van der Waals surface area contributed by atoms with Gasteiger partial charge in [-0.3, -0.25) is 4.79 Å². The number of hydrogen-bond acceptors (Lipinski definition) is 5. The van der Waals surface area contributed by atoms with Gasteiger partial charge in [0.25, 0.3) is 0 Å². The lowest BCUT2D eigenvalue weighted by molar-refractivity contribution is -0.138. The van der Waals surface area contributed by atoms with E-state index in [4.69, 9.17) is 14.0 Å². The van der Waals surface area contributed by atoms with Gasteiger partial charge in [-0.05, 0) is 36.0 Å².